The van der Waals surface area contributed by atoms with Crippen LogP contribution in [0.4, 0.5) is 4.39 Å². The predicted octanol–water partition coefficient (Wildman–Crippen LogP) is 3.36. The smallest absolute Gasteiger partial charge is 0.123 e. The second-order valence-corrected chi connectivity index (χ2v) is 4.22. The summed E-state index contributed by atoms with van der Waals surface area (Å²) in [6, 6.07) is 4.99. The van der Waals surface area contributed by atoms with Crippen LogP contribution in [0.2, 0.25) is 0 Å². The van der Waals surface area contributed by atoms with Gasteiger partial charge in [0.15, 0.2) is 0 Å². The van der Waals surface area contributed by atoms with Crippen LogP contribution in [-0.4, -0.2) is 0 Å². The van der Waals surface area contributed by atoms with E-state index in [9.17, 15) is 4.39 Å². The fourth-order valence-corrected chi connectivity index (χ4v) is 2.07. The summed E-state index contributed by atoms with van der Waals surface area (Å²) in [6.07, 6.45) is 3.73. The molecule has 1 aromatic rings. The van der Waals surface area contributed by atoms with E-state index in [4.69, 9.17) is 5.73 Å². The van der Waals surface area contributed by atoms with E-state index >= 15 is 0 Å². The molecule has 84 valence electrons. The first kappa shape index (κ1) is 12.5. The Morgan fingerprint density at radius 2 is 2.07 bits per heavy atom. The molecule has 1 atom stereocenters. The van der Waals surface area contributed by atoms with Gasteiger partial charge in [0.2, 0.25) is 0 Å². The minimum Gasteiger partial charge on any atom is -0.324 e. The van der Waals surface area contributed by atoms with Gasteiger partial charge in [-0.15, -0.1) is 12.4 Å². The minimum atomic E-state index is -0.174. The molecule has 1 aliphatic carbocycles. The van der Waals surface area contributed by atoms with Crippen LogP contribution in [0.25, 0.3) is 0 Å². The Labute approximate surface area is 96.3 Å². The van der Waals surface area contributed by atoms with Gasteiger partial charge in [-0.25, -0.2) is 4.39 Å². The average molecular weight is 230 g/mol. The third-order valence-corrected chi connectivity index (χ3v) is 3.25. The summed E-state index contributed by atoms with van der Waals surface area (Å²) in [6.45, 7) is 1.93. The lowest BCUT2D eigenvalue weighted by atomic mass is 9.77. The number of nitrogens with two attached hydrogens (primary N) is 1. The molecule has 1 saturated carbocycles. The van der Waals surface area contributed by atoms with Crippen LogP contribution < -0.4 is 5.73 Å². The van der Waals surface area contributed by atoms with Crippen molar-refractivity contribution in [3.05, 3.63) is 35.1 Å². The Morgan fingerprint density at radius 3 is 2.53 bits per heavy atom. The van der Waals surface area contributed by atoms with Crippen LogP contribution in [0.15, 0.2) is 18.2 Å². The molecule has 1 aliphatic rings. The Hall–Kier alpha value is -0.600. The highest BCUT2D eigenvalue weighted by molar-refractivity contribution is 5.85. The maximum atomic E-state index is 12.9. The largest absolute Gasteiger partial charge is 0.324 e. The molecule has 0 amide bonds. The van der Waals surface area contributed by atoms with Gasteiger partial charge in [-0.1, -0.05) is 12.5 Å². The van der Waals surface area contributed by atoms with E-state index in [0.29, 0.717) is 5.92 Å². The van der Waals surface area contributed by atoms with Gasteiger partial charge in [0.25, 0.3) is 0 Å². The highest BCUT2D eigenvalue weighted by Crippen LogP contribution is 2.37. The number of rotatable bonds is 2. The molecule has 2 N–H and O–H groups in total. The number of hydrogen-bond donors (Lipinski definition) is 1. The minimum absolute atomic E-state index is 0. The summed E-state index contributed by atoms with van der Waals surface area (Å²) in [5.74, 6) is 0.436. The Balaban J connectivity index is 0.00000112. The normalized spacial score (nSPS) is 17.8. The second kappa shape index (κ2) is 4.95. The average Bonchev–Trinajstić information content (AvgIpc) is 2.00. The molecule has 0 aliphatic heterocycles. The van der Waals surface area contributed by atoms with Crippen molar-refractivity contribution in [2.45, 2.75) is 32.2 Å². The van der Waals surface area contributed by atoms with E-state index in [0.717, 1.165) is 11.1 Å². The topological polar surface area (TPSA) is 26.0 Å². The molecular weight excluding hydrogens is 213 g/mol. The lowest BCUT2D eigenvalue weighted by Gasteiger charge is -2.32. The molecule has 15 heavy (non-hydrogen) atoms. The van der Waals surface area contributed by atoms with Crippen LogP contribution in [-0.2, 0) is 0 Å². The summed E-state index contributed by atoms with van der Waals surface area (Å²) in [4.78, 5) is 0. The molecule has 0 spiro atoms. The van der Waals surface area contributed by atoms with Crippen LogP contribution in [0.5, 0.6) is 0 Å². The van der Waals surface area contributed by atoms with Crippen LogP contribution in [0.3, 0.4) is 0 Å². The van der Waals surface area contributed by atoms with E-state index in [2.05, 4.69) is 0 Å². The molecular formula is C12H17ClFN. The van der Waals surface area contributed by atoms with Crippen molar-refractivity contribution in [3.8, 4) is 0 Å². The van der Waals surface area contributed by atoms with E-state index in [-0.39, 0.29) is 24.3 Å². The number of halogens is 2. The number of hydrogen-bond acceptors (Lipinski definition) is 1. The maximum Gasteiger partial charge on any atom is 0.123 e. The Bertz CT molecular complexity index is 336. The van der Waals surface area contributed by atoms with Gasteiger partial charge in [0.1, 0.15) is 5.82 Å². The zero-order chi connectivity index (χ0) is 10.1. The molecule has 1 aromatic carbocycles. The van der Waals surface area contributed by atoms with Gasteiger partial charge in [0, 0.05) is 6.04 Å². The number of benzene rings is 1. The number of aryl methyl sites for hydroxylation is 1. The molecule has 1 nitrogen and oxygen atoms in total. The van der Waals surface area contributed by atoms with Crippen LogP contribution in [0.1, 0.15) is 36.4 Å². The highest BCUT2D eigenvalue weighted by Gasteiger charge is 2.26. The summed E-state index contributed by atoms with van der Waals surface area (Å²) < 4.78 is 12.9. The zero-order valence-electron chi connectivity index (χ0n) is 8.87. The van der Waals surface area contributed by atoms with Crippen LogP contribution >= 0.6 is 12.4 Å². The van der Waals surface area contributed by atoms with E-state index in [1.54, 1.807) is 6.07 Å². The van der Waals surface area contributed by atoms with Crippen molar-refractivity contribution in [3.63, 3.8) is 0 Å². The second-order valence-electron chi connectivity index (χ2n) is 4.22. The highest BCUT2D eigenvalue weighted by atomic mass is 35.5. The summed E-state index contributed by atoms with van der Waals surface area (Å²) in [5, 5.41) is 0. The van der Waals surface area contributed by atoms with Crippen LogP contribution in [0, 0.1) is 18.7 Å². The first-order valence-corrected chi connectivity index (χ1v) is 5.20. The fourth-order valence-electron chi connectivity index (χ4n) is 2.07. The van der Waals surface area contributed by atoms with Crippen molar-refractivity contribution in [1.29, 1.82) is 0 Å². The first-order chi connectivity index (χ1) is 6.68. The SMILES string of the molecule is Cc1cc(F)ccc1[C@@H](N)C1CCC1.Cl. The van der Waals surface area contributed by atoms with Gasteiger partial charge in [-0.2, -0.15) is 0 Å². The fraction of sp³-hybridized carbons (Fsp3) is 0.500. The molecule has 0 radical (unpaired) electrons. The van der Waals surface area contributed by atoms with Gasteiger partial charge in [0.05, 0.1) is 0 Å². The molecule has 0 unspecified atom stereocenters. The lowest BCUT2D eigenvalue weighted by Crippen LogP contribution is -2.27. The van der Waals surface area contributed by atoms with Gasteiger partial charge < -0.3 is 5.73 Å². The van der Waals surface area contributed by atoms with Gasteiger partial charge in [-0.3, -0.25) is 0 Å². The van der Waals surface area contributed by atoms with Crippen molar-refractivity contribution in [2.75, 3.05) is 0 Å². The third-order valence-electron chi connectivity index (χ3n) is 3.25. The molecule has 0 heterocycles. The first-order valence-electron chi connectivity index (χ1n) is 5.20. The molecule has 0 aromatic heterocycles. The predicted molar refractivity (Wildman–Crippen MR) is 62.7 cm³/mol. The third kappa shape index (κ3) is 2.50. The molecule has 0 saturated heterocycles. The molecule has 1 fully saturated rings. The van der Waals surface area contributed by atoms with Crippen molar-refractivity contribution < 1.29 is 4.39 Å². The van der Waals surface area contributed by atoms with E-state index in [1.165, 1.54) is 25.3 Å². The summed E-state index contributed by atoms with van der Waals surface area (Å²) in [5.41, 5.74) is 8.21. The zero-order valence-corrected chi connectivity index (χ0v) is 9.69. The molecule has 3 heteroatoms. The standard InChI is InChI=1S/C12H16FN.ClH/c1-8-7-10(13)5-6-11(8)12(14)9-3-2-4-9;/h5-7,9,12H,2-4,14H2,1H3;1H/t12-;/m0./s1. The van der Waals surface area contributed by atoms with Crippen molar-refractivity contribution in [2.24, 2.45) is 11.7 Å². The van der Waals surface area contributed by atoms with Crippen molar-refractivity contribution >= 4 is 12.4 Å². The van der Waals surface area contributed by atoms with Gasteiger partial charge in [-0.05, 0) is 48.9 Å². The Kier molecular flexibility index (Phi) is 4.12. The summed E-state index contributed by atoms with van der Waals surface area (Å²) >= 11 is 0. The Morgan fingerprint density at radius 1 is 1.40 bits per heavy atom. The molecule has 0 bridgehead atoms. The van der Waals surface area contributed by atoms with Gasteiger partial charge >= 0.3 is 0 Å². The quantitative estimate of drug-likeness (QED) is 0.827. The monoisotopic (exact) mass is 229 g/mol. The molecule has 2 rings (SSSR count). The summed E-state index contributed by atoms with van der Waals surface area (Å²) in [7, 11) is 0. The lowest BCUT2D eigenvalue weighted by molar-refractivity contribution is 0.264. The van der Waals surface area contributed by atoms with Crippen molar-refractivity contribution in [1.82, 2.24) is 0 Å². The van der Waals surface area contributed by atoms with E-state index < -0.39 is 0 Å². The van der Waals surface area contributed by atoms with E-state index in [1.807, 2.05) is 13.0 Å². The maximum absolute atomic E-state index is 12.9.